The Balaban J connectivity index is 1.78. The maximum atomic E-state index is 12.2. The number of para-hydroxylation sites is 2. The molecule has 0 fully saturated rings. The van der Waals surface area contributed by atoms with E-state index in [2.05, 4.69) is 10.6 Å². The number of ether oxygens (including phenoxy) is 1. The van der Waals surface area contributed by atoms with Gasteiger partial charge in [-0.1, -0.05) is 19.1 Å². The van der Waals surface area contributed by atoms with Crippen molar-refractivity contribution in [2.24, 2.45) is 0 Å². The van der Waals surface area contributed by atoms with Crippen molar-refractivity contribution in [3.63, 3.8) is 0 Å². The van der Waals surface area contributed by atoms with Crippen LogP contribution in [0.3, 0.4) is 0 Å². The molecule has 0 radical (unpaired) electrons. The topological polar surface area (TPSA) is 85.5 Å². The highest BCUT2D eigenvalue weighted by molar-refractivity contribution is 6.01. The van der Waals surface area contributed by atoms with E-state index in [1.165, 1.54) is 7.11 Å². The molecule has 3 aromatic rings. The fraction of sp³-hybridized carbons (Fsp3) is 0.222. The number of urea groups is 1. The van der Waals surface area contributed by atoms with Crippen molar-refractivity contribution in [2.75, 3.05) is 17.7 Å². The van der Waals surface area contributed by atoms with Crippen molar-refractivity contribution in [1.29, 1.82) is 0 Å². The average molecular weight is 341 g/mol. The number of oxazole rings is 1. The molecule has 0 unspecified atom stereocenters. The largest absolute Gasteiger partial charge is 0.495 e. The summed E-state index contributed by atoms with van der Waals surface area (Å²) in [7, 11) is 1.54. The molecule has 0 bridgehead atoms. The number of methoxy groups -OCH3 is 1. The second-order valence-electron chi connectivity index (χ2n) is 5.48. The Hall–Kier alpha value is -3.22. The number of aryl methyl sites for hydroxylation is 1. The third-order valence-corrected chi connectivity index (χ3v) is 3.73. The molecule has 0 aliphatic rings. The Kier molecular flexibility index (Phi) is 4.74. The van der Waals surface area contributed by atoms with E-state index >= 15 is 0 Å². The van der Waals surface area contributed by atoms with Gasteiger partial charge in [0.15, 0.2) is 5.58 Å². The Labute approximate surface area is 144 Å². The van der Waals surface area contributed by atoms with Gasteiger partial charge in [-0.25, -0.2) is 9.59 Å². The second-order valence-corrected chi connectivity index (χ2v) is 5.48. The zero-order valence-electron chi connectivity index (χ0n) is 14.0. The first-order valence-electron chi connectivity index (χ1n) is 7.96. The van der Waals surface area contributed by atoms with E-state index in [4.69, 9.17) is 9.15 Å². The van der Waals surface area contributed by atoms with E-state index in [1.807, 2.05) is 13.0 Å². The minimum Gasteiger partial charge on any atom is -0.495 e. The number of benzene rings is 2. The lowest BCUT2D eigenvalue weighted by Crippen LogP contribution is -2.19. The SMILES string of the molecule is CCCn1c(=O)oc2cc(NC(=O)Nc3ccccc3OC)ccc21. The summed E-state index contributed by atoms with van der Waals surface area (Å²) in [5.74, 6) is 0.170. The molecule has 0 aliphatic heterocycles. The third kappa shape index (κ3) is 3.50. The fourth-order valence-corrected chi connectivity index (χ4v) is 2.61. The van der Waals surface area contributed by atoms with Gasteiger partial charge in [-0.15, -0.1) is 0 Å². The molecule has 0 saturated heterocycles. The summed E-state index contributed by atoms with van der Waals surface area (Å²) in [6, 6.07) is 11.8. The number of rotatable bonds is 5. The number of carbonyl (C=O) groups is 1. The summed E-state index contributed by atoms with van der Waals surface area (Å²) >= 11 is 0. The van der Waals surface area contributed by atoms with E-state index in [0.717, 1.165) is 6.42 Å². The van der Waals surface area contributed by atoms with E-state index in [-0.39, 0.29) is 0 Å². The molecule has 0 aliphatic carbocycles. The lowest BCUT2D eigenvalue weighted by molar-refractivity contribution is 0.262. The molecule has 0 atom stereocenters. The number of amides is 2. The standard InChI is InChI=1S/C18H19N3O4/c1-3-10-21-14-9-8-12(11-16(14)25-18(21)23)19-17(22)20-13-6-4-5-7-15(13)24-2/h4-9,11H,3,10H2,1-2H3,(H2,19,20,22). The molecule has 130 valence electrons. The summed E-state index contributed by atoms with van der Waals surface area (Å²) in [5, 5.41) is 5.44. The van der Waals surface area contributed by atoms with Gasteiger partial charge in [0, 0.05) is 18.3 Å². The Bertz CT molecular complexity index is 958. The Morgan fingerprint density at radius 3 is 2.76 bits per heavy atom. The van der Waals surface area contributed by atoms with Crippen LogP contribution in [0.2, 0.25) is 0 Å². The summed E-state index contributed by atoms with van der Waals surface area (Å²) in [6.45, 7) is 2.58. The lowest BCUT2D eigenvalue weighted by Gasteiger charge is -2.11. The van der Waals surface area contributed by atoms with Gasteiger partial charge in [-0.05, 0) is 30.7 Å². The summed E-state index contributed by atoms with van der Waals surface area (Å²) in [4.78, 5) is 24.0. The number of hydrogen-bond acceptors (Lipinski definition) is 4. The molecule has 2 amide bonds. The monoisotopic (exact) mass is 341 g/mol. The van der Waals surface area contributed by atoms with Crippen molar-refractivity contribution in [1.82, 2.24) is 4.57 Å². The highest BCUT2D eigenvalue weighted by Gasteiger charge is 2.11. The van der Waals surface area contributed by atoms with Gasteiger partial charge in [0.25, 0.3) is 0 Å². The van der Waals surface area contributed by atoms with Crippen LogP contribution in [0.5, 0.6) is 5.75 Å². The average Bonchev–Trinajstić information content (AvgIpc) is 2.90. The van der Waals surface area contributed by atoms with Crippen molar-refractivity contribution in [2.45, 2.75) is 19.9 Å². The Morgan fingerprint density at radius 2 is 2.00 bits per heavy atom. The van der Waals surface area contributed by atoms with Crippen LogP contribution in [0, 0.1) is 0 Å². The van der Waals surface area contributed by atoms with Crippen LogP contribution in [-0.4, -0.2) is 17.7 Å². The predicted octanol–water partition coefficient (Wildman–Crippen LogP) is 3.66. The molecule has 1 aromatic heterocycles. The molecule has 7 heteroatoms. The van der Waals surface area contributed by atoms with Gasteiger partial charge in [-0.2, -0.15) is 0 Å². The van der Waals surface area contributed by atoms with Crippen LogP contribution in [-0.2, 0) is 6.54 Å². The number of hydrogen-bond donors (Lipinski definition) is 2. The molecular weight excluding hydrogens is 322 g/mol. The summed E-state index contributed by atoms with van der Waals surface area (Å²) < 4.78 is 12.0. The number of aromatic nitrogens is 1. The predicted molar refractivity (Wildman–Crippen MR) is 96.4 cm³/mol. The zero-order valence-corrected chi connectivity index (χ0v) is 14.0. The first-order valence-corrected chi connectivity index (χ1v) is 7.96. The van der Waals surface area contributed by atoms with Crippen LogP contribution in [0.4, 0.5) is 16.2 Å². The second kappa shape index (κ2) is 7.12. The van der Waals surface area contributed by atoms with Crippen LogP contribution >= 0.6 is 0 Å². The number of fused-ring (bicyclic) bond motifs is 1. The van der Waals surface area contributed by atoms with Crippen molar-refractivity contribution >= 4 is 28.5 Å². The number of anilines is 2. The summed E-state index contributed by atoms with van der Waals surface area (Å²) in [6.07, 6.45) is 0.829. The van der Waals surface area contributed by atoms with Crippen LogP contribution in [0.15, 0.2) is 51.7 Å². The molecule has 0 saturated carbocycles. The minimum absolute atomic E-state index is 0.396. The zero-order chi connectivity index (χ0) is 17.8. The van der Waals surface area contributed by atoms with Crippen LogP contribution in [0.1, 0.15) is 13.3 Å². The fourth-order valence-electron chi connectivity index (χ4n) is 2.61. The number of nitrogens with one attached hydrogen (secondary N) is 2. The molecule has 1 heterocycles. The van der Waals surface area contributed by atoms with Crippen molar-refractivity contribution < 1.29 is 13.9 Å². The molecule has 25 heavy (non-hydrogen) atoms. The van der Waals surface area contributed by atoms with E-state index in [9.17, 15) is 9.59 Å². The Morgan fingerprint density at radius 1 is 1.20 bits per heavy atom. The first-order chi connectivity index (χ1) is 12.1. The molecule has 2 N–H and O–H groups in total. The van der Waals surface area contributed by atoms with Gasteiger partial charge >= 0.3 is 11.8 Å². The lowest BCUT2D eigenvalue weighted by atomic mass is 10.2. The molecule has 3 rings (SSSR count). The minimum atomic E-state index is -0.417. The highest BCUT2D eigenvalue weighted by atomic mass is 16.5. The maximum Gasteiger partial charge on any atom is 0.419 e. The van der Waals surface area contributed by atoms with Gasteiger partial charge in [0.1, 0.15) is 5.75 Å². The first kappa shape index (κ1) is 16.6. The van der Waals surface area contributed by atoms with Gasteiger partial charge < -0.3 is 19.8 Å². The van der Waals surface area contributed by atoms with E-state index in [1.54, 1.807) is 41.0 Å². The highest BCUT2D eigenvalue weighted by Crippen LogP contribution is 2.24. The normalized spacial score (nSPS) is 10.6. The van der Waals surface area contributed by atoms with Crippen molar-refractivity contribution in [3.8, 4) is 5.75 Å². The molecule has 7 nitrogen and oxygen atoms in total. The molecular formula is C18H19N3O4. The number of nitrogens with zero attached hydrogens (tertiary/aromatic N) is 1. The smallest absolute Gasteiger partial charge is 0.419 e. The van der Waals surface area contributed by atoms with Gasteiger partial charge in [-0.3, -0.25) is 4.57 Å². The summed E-state index contributed by atoms with van der Waals surface area (Å²) in [5.41, 5.74) is 2.23. The van der Waals surface area contributed by atoms with Gasteiger partial charge in [0.2, 0.25) is 0 Å². The maximum absolute atomic E-state index is 12.2. The van der Waals surface area contributed by atoms with Crippen molar-refractivity contribution in [3.05, 3.63) is 53.0 Å². The van der Waals surface area contributed by atoms with E-state index < -0.39 is 11.8 Å². The van der Waals surface area contributed by atoms with Crippen LogP contribution < -0.4 is 21.1 Å². The third-order valence-electron chi connectivity index (χ3n) is 3.73. The van der Waals surface area contributed by atoms with E-state index in [0.29, 0.717) is 34.8 Å². The van der Waals surface area contributed by atoms with Gasteiger partial charge in [0.05, 0.1) is 18.3 Å². The molecule has 2 aromatic carbocycles. The quantitative estimate of drug-likeness (QED) is 0.741. The van der Waals surface area contributed by atoms with Crippen LogP contribution in [0.25, 0.3) is 11.1 Å². The number of carbonyl (C=O) groups excluding carboxylic acids is 1. The molecule has 0 spiro atoms.